The minimum Gasteiger partial charge on any atom is -0.314 e. The van der Waals surface area contributed by atoms with Crippen molar-refractivity contribution in [2.75, 3.05) is 28.2 Å². The van der Waals surface area contributed by atoms with Crippen molar-refractivity contribution in [2.45, 2.75) is 31.3 Å². The molecule has 0 aliphatic heterocycles. The van der Waals surface area contributed by atoms with Crippen molar-refractivity contribution in [1.82, 2.24) is 5.43 Å². The molecule has 1 fully saturated rings. The molecule has 0 aromatic carbocycles. The first-order valence-electron chi connectivity index (χ1n) is 5.88. The summed E-state index contributed by atoms with van der Waals surface area (Å²) in [6, 6.07) is 0. The number of hydrogen-bond donors (Lipinski definition) is 3. The van der Waals surface area contributed by atoms with Crippen LogP contribution in [-0.2, 0) is 0 Å². The number of hydrazine groups is 1. The second-order valence-electron chi connectivity index (χ2n) is 5.64. The molecule has 0 atom stereocenters. The first kappa shape index (κ1) is 13.4. The lowest BCUT2D eigenvalue weighted by molar-refractivity contribution is -0.925. The van der Waals surface area contributed by atoms with E-state index in [1.165, 1.54) is 0 Å². The molecule has 0 radical (unpaired) electrons. The molecule has 0 amide bonds. The summed E-state index contributed by atoms with van der Waals surface area (Å²) in [6.07, 6.45) is 4.15. The van der Waals surface area contributed by atoms with Crippen molar-refractivity contribution in [1.29, 1.82) is 0 Å². The van der Waals surface area contributed by atoms with Crippen LogP contribution in [0.1, 0.15) is 25.7 Å². The molecule has 0 bridgehead atoms. The van der Waals surface area contributed by atoms with Crippen LogP contribution in [0.4, 0.5) is 0 Å². The smallest absolute Gasteiger partial charge is 0.149 e. The van der Waals surface area contributed by atoms with Crippen molar-refractivity contribution in [3.63, 3.8) is 0 Å². The molecule has 0 saturated heterocycles. The minimum atomic E-state index is -0.107. The molecule has 1 aliphatic rings. The van der Waals surface area contributed by atoms with E-state index >= 15 is 0 Å². The minimum absolute atomic E-state index is 0.107. The lowest BCUT2D eigenvalue weighted by atomic mass is 9.80. The fourth-order valence-electron chi connectivity index (χ4n) is 2.43. The normalized spacial score (nSPS) is 32.6. The van der Waals surface area contributed by atoms with E-state index in [1.807, 2.05) is 0 Å². The van der Waals surface area contributed by atoms with Crippen LogP contribution in [0.2, 0.25) is 0 Å². The third-order valence-corrected chi connectivity index (χ3v) is 3.96. The van der Waals surface area contributed by atoms with Crippen LogP contribution in [0.5, 0.6) is 0 Å². The Morgan fingerprint density at radius 2 is 1.81 bits per heavy atom. The van der Waals surface area contributed by atoms with Gasteiger partial charge >= 0.3 is 0 Å². The fraction of sp³-hybridized carbons (Fsp3) is 0.909. The van der Waals surface area contributed by atoms with Gasteiger partial charge in [-0.15, -0.1) is 0 Å². The number of aliphatic imine (C=N–C) groups is 1. The Morgan fingerprint density at radius 3 is 2.12 bits per heavy atom. The van der Waals surface area contributed by atoms with Gasteiger partial charge in [0.2, 0.25) is 0 Å². The van der Waals surface area contributed by atoms with E-state index < -0.39 is 0 Å². The summed E-state index contributed by atoms with van der Waals surface area (Å²) < 4.78 is 0.814. The van der Waals surface area contributed by atoms with Crippen LogP contribution in [0, 0.1) is 5.92 Å². The van der Waals surface area contributed by atoms with Crippen LogP contribution in [-0.4, -0.2) is 44.2 Å². The maximum absolute atomic E-state index is 6.46. The fourth-order valence-corrected chi connectivity index (χ4v) is 2.43. The molecule has 1 rings (SSSR count). The van der Waals surface area contributed by atoms with Crippen molar-refractivity contribution < 1.29 is 4.48 Å². The number of rotatable bonds is 2. The van der Waals surface area contributed by atoms with Gasteiger partial charge < -0.3 is 9.91 Å². The van der Waals surface area contributed by atoms with Gasteiger partial charge in [0.25, 0.3) is 0 Å². The standard InChI is InChI=1S/C11H26N5/c1-14-10(15-13)9-5-7-11(12,8-6-9)16(2,3)4/h9H,5-8,12-13H2,1-4H3,(H,14,15)/q+1. The van der Waals surface area contributed by atoms with E-state index in [0.717, 1.165) is 36.0 Å². The Bertz CT molecular complexity index is 258. The van der Waals surface area contributed by atoms with E-state index in [-0.39, 0.29) is 5.66 Å². The van der Waals surface area contributed by atoms with Gasteiger partial charge in [-0.05, 0) is 12.8 Å². The van der Waals surface area contributed by atoms with Gasteiger partial charge in [0.1, 0.15) is 11.5 Å². The first-order chi connectivity index (χ1) is 7.34. The van der Waals surface area contributed by atoms with Gasteiger partial charge in [-0.25, -0.2) is 5.84 Å². The number of amidine groups is 1. The molecule has 16 heavy (non-hydrogen) atoms. The average molecular weight is 228 g/mol. The van der Waals surface area contributed by atoms with Gasteiger partial charge in [-0.1, -0.05) is 0 Å². The SMILES string of the molecule is CN=C(NN)C1CCC(N)([N+](C)(C)C)CC1. The number of hydrogen-bond acceptors (Lipinski definition) is 3. The Labute approximate surface area is 98.4 Å². The zero-order valence-corrected chi connectivity index (χ0v) is 11.0. The number of quaternary nitrogens is 1. The van der Waals surface area contributed by atoms with E-state index in [1.54, 1.807) is 7.05 Å². The summed E-state index contributed by atoms with van der Waals surface area (Å²) in [5, 5.41) is 0. The maximum atomic E-state index is 6.46. The van der Waals surface area contributed by atoms with Crippen molar-refractivity contribution in [3.8, 4) is 0 Å². The predicted octanol–water partition coefficient (Wildman–Crippen LogP) is 0.0294. The molecule has 94 valence electrons. The molecule has 1 saturated carbocycles. The summed E-state index contributed by atoms with van der Waals surface area (Å²) in [5.41, 5.74) is 9.05. The molecule has 5 N–H and O–H groups in total. The van der Waals surface area contributed by atoms with E-state index in [2.05, 4.69) is 31.6 Å². The molecule has 1 aliphatic carbocycles. The zero-order chi connectivity index (χ0) is 12.4. The van der Waals surface area contributed by atoms with Crippen LogP contribution in [0.15, 0.2) is 4.99 Å². The molecule has 0 heterocycles. The number of nitrogens with zero attached hydrogens (tertiary/aromatic N) is 2. The second kappa shape index (κ2) is 4.69. The van der Waals surface area contributed by atoms with Crippen LogP contribution in [0.3, 0.4) is 0 Å². The van der Waals surface area contributed by atoms with Gasteiger partial charge in [-0.3, -0.25) is 10.7 Å². The van der Waals surface area contributed by atoms with Gasteiger partial charge in [0.15, 0.2) is 0 Å². The summed E-state index contributed by atoms with van der Waals surface area (Å²) >= 11 is 0. The molecule has 5 nitrogen and oxygen atoms in total. The van der Waals surface area contributed by atoms with Crippen LogP contribution >= 0.6 is 0 Å². The molecule has 0 aromatic rings. The van der Waals surface area contributed by atoms with Crippen LogP contribution in [0.25, 0.3) is 0 Å². The zero-order valence-electron chi connectivity index (χ0n) is 11.0. The third-order valence-electron chi connectivity index (χ3n) is 3.96. The Kier molecular flexibility index (Phi) is 3.93. The quantitative estimate of drug-likeness (QED) is 0.156. The summed E-state index contributed by atoms with van der Waals surface area (Å²) in [5.74, 6) is 6.80. The molecule has 0 aromatic heterocycles. The second-order valence-corrected chi connectivity index (χ2v) is 5.64. The average Bonchev–Trinajstić information content (AvgIpc) is 2.21. The Balaban J connectivity index is 2.64. The van der Waals surface area contributed by atoms with E-state index in [9.17, 15) is 0 Å². The molecule has 0 spiro atoms. The van der Waals surface area contributed by atoms with Gasteiger partial charge in [-0.2, -0.15) is 0 Å². The van der Waals surface area contributed by atoms with Crippen molar-refractivity contribution in [2.24, 2.45) is 22.5 Å². The lowest BCUT2D eigenvalue weighted by Crippen LogP contribution is -2.65. The topological polar surface area (TPSA) is 76.4 Å². The largest absolute Gasteiger partial charge is 0.314 e. The molecular formula is C11H26N5+. The first-order valence-corrected chi connectivity index (χ1v) is 5.88. The van der Waals surface area contributed by atoms with Crippen molar-refractivity contribution >= 4 is 5.84 Å². The highest BCUT2D eigenvalue weighted by molar-refractivity contribution is 5.83. The molecule has 5 heteroatoms. The predicted molar refractivity (Wildman–Crippen MR) is 67.6 cm³/mol. The summed E-state index contributed by atoms with van der Waals surface area (Å²) in [6.45, 7) is 0. The van der Waals surface area contributed by atoms with Crippen molar-refractivity contribution in [3.05, 3.63) is 0 Å². The van der Waals surface area contributed by atoms with E-state index in [4.69, 9.17) is 11.6 Å². The molecule has 0 unspecified atom stereocenters. The Hall–Kier alpha value is -0.650. The monoisotopic (exact) mass is 228 g/mol. The third kappa shape index (κ3) is 2.53. The number of nitrogens with one attached hydrogen (secondary N) is 1. The summed E-state index contributed by atoms with van der Waals surface area (Å²) in [7, 11) is 8.27. The van der Waals surface area contributed by atoms with E-state index in [0.29, 0.717) is 5.92 Å². The highest BCUT2D eigenvalue weighted by Crippen LogP contribution is 2.34. The lowest BCUT2D eigenvalue weighted by Gasteiger charge is -2.47. The van der Waals surface area contributed by atoms with Crippen LogP contribution < -0.4 is 17.0 Å². The van der Waals surface area contributed by atoms with Gasteiger partial charge in [0.05, 0.1) is 21.1 Å². The van der Waals surface area contributed by atoms with Gasteiger partial charge in [0, 0.05) is 25.8 Å². The highest BCUT2D eigenvalue weighted by Gasteiger charge is 2.43. The molecular weight excluding hydrogens is 202 g/mol. The highest BCUT2D eigenvalue weighted by atomic mass is 15.4. The number of nitrogens with two attached hydrogens (primary N) is 2. The Morgan fingerprint density at radius 1 is 1.31 bits per heavy atom. The maximum Gasteiger partial charge on any atom is 0.149 e. The summed E-state index contributed by atoms with van der Waals surface area (Å²) in [4.78, 5) is 4.17.